The zero-order valence-corrected chi connectivity index (χ0v) is 13.2. The second kappa shape index (κ2) is 5.25. The molecule has 2 rings (SSSR count). The van der Waals surface area contributed by atoms with Crippen LogP contribution in [0.4, 0.5) is 5.95 Å². The number of aromatic nitrogens is 2. The maximum atomic E-state index is 5.83. The lowest BCUT2D eigenvalue weighted by Crippen LogP contribution is -1.96. The van der Waals surface area contributed by atoms with E-state index in [0.717, 1.165) is 21.6 Å². The first kappa shape index (κ1) is 13.9. The van der Waals surface area contributed by atoms with Crippen molar-refractivity contribution in [2.75, 3.05) is 12.8 Å². The molecule has 0 bridgehead atoms. The maximum absolute atomic E-state index is 5.83. The molecule has 1 heterocycles. The first-order valence-corrected chi connectivity index (χ1v) is 6.91. The number of nitrogens with zero attached hydrogens (tertiary/aromatic N) is 2. The second-order valence-corrected chi connectivity index (χ2v) is 5.53. The number of hydrogen-bond donors (Lipinski definition) is 1. The number of methoxy groups -OCH3 is 1. The third-order valence-corrected chi connectivity index (χ3v) is 4.11. The van der Waals surface area contributed by atoms with Gasteiger partial charge in [0.25, 0.3) is 0 Å². The van der Waals surface area contributed by atoms with Crippen molar-refractivity contribution in [1.82, 2.24) is 9.55 Å². The zero-order chi connectivity index (χ0) is 14.2. The summed E-state index contributed by atoms with van der Waals surface area (Å²) in [5.74, 6) is 1.74. The highest BCUT2D eigenvalue weighted by atomic mass is 79.9. The van der Waals surface area contributed by atoms with Crippen molar-refractivity contribution in [2.24, 2.45) is 7.05 Å². The standard InChI is InChI=1S/C14H18BrN3O/c1-8(2)9-5-6-10(11(7-9)19-4)12-13(15)18(3)14(16)17-12/h5-8H,1-4H3,(H2,16,17). The Kier molecular flexibility index (Phi) is 3.85. The first-order valence-electron chi connectivity index (χ1n) is 6.11. The van der Waals surface area contributed by atoms with Crippen LogP contribution in [0.3, 0.4) is 0 Å². The van der Waals surface area contributed by atoms with Gasteiger partial charge in [-0.05, 0) is 39.5 Å². The lowest BCUT2D eigenvalue weighted by molar-refractivity contribution is 0.415. The van der Waals surface area contributed by atoms with Crippen molar-refractivity contribution in [1.29, 1.82) is 0 Å². The monoisotopic (exact) mass is 323 g/mol. The highest BCUT2D eigenvalue weighted by molar-refractivity contribution is 9.10. The van der Waals surface area contributed by atoms with E-state index in [-0.39, 0.29) is 0 Å². The van der Waals surface area contributed by atoms with E-state index < -0.39 is 0 Å². The van der Waals surface area contributed by atoms with Crippen LogP contribution in [0.15, 0.2) is 22.8 Å². The third kappa shape index (κ3) is 2.47. The molecule has 0 aliphatic heterocycles. The average Bonchev–Trinajstić information content (AvgIpc) is 2.65. The molecule has 0 saturated carbocycles. The van der Waals surface area contributed by atoms with Gasteiger partial charge in [0.2, 0.25) is 5.95 Å². The molecular weight excluding hydrogens is 306 g/mol. The van der Waals surface area contributed by atoms with Crippen LogP contribution in [0.25, 0.3) is 11.3 Å². The summed E-state index contributed by atoms with van der Waals surface area (Å²) in [7, 11) is 3.54. The Morgan fingerprint density at radius 2 is 2.05 bits per heavy atom. The van der Waals surface area contributed by atoms with Gasteiger partial charge >= 0.3 is 0 Å². The number of rotatable bonds is 3. The highest BCUT2D eigenvalue weighted by Crippen LogP contribution is 2.36. The summed E-state index contributed by atoms with van der Waals surface area (Å²) in [6.07, 6.45) is 0. The molecule has 2 aromatic rings. The summed E-state index contributed by atoms with van der Waals surface area (Å²) in [6, 6.07) is 6.18. The number of imidazole rings is 1. The molecule has 1 aromatic heterocycles. The van der Waals surface area contributed by atoms with E-state index in [1.165, 1.54) is 5.56 Å². The normalized spacial score (nSPS) is 11.1. The predicted molar refractivity (Wildman–Crippen MR) is 81.4 cm³/mol. The first-order chi connectivity index (χ1) is 8.95. The molecule has 0 radical (unpaired) electrons. The van der Waals surface area contributed by atoms with Gasteiger partial charge in [0.15, 0.2) is 0 Å². The number of benzene rings is 1. The van der Waals surface area contributed by atoms with E-state index in [1.807, 2.05) is 13.1 Å². The minimum atomic E-state index is 0.459. The van der Waals surface area contributed by atoms with Crippen LogP contribution in [0.5, 0.6) is 5.75 Å². The Hall–Kier alpha value is -1.49. The van der Waals surface area contributed by atoms with Crippen molar-refractivity contribution in [3.05, 3.63) is 28.4 Å². The molecule has 0 spiro atoms. The molecule has 19 heavy (non-hydrogen) atoms. The van der Waals surface area contributed by atoms with Crippen LogP contribution in [-0.4, -0.2) is 16.7 Å². The number of nitrogens with two attached hydrogens (primary N) is 1. The molecule has 0 unspecified atom stereocenters. The topological polar surface area (TPSA) is 53.1 Å². The van der Waals surface area contributed by atoms with Gasteiger partial charge < -0.3 is 15.0 Å². The molecule has 0 fully saturated rings. The molecule has 0 atom stereocenters. The number of anilines is 1. The van der Waals surface area contributed by atoms with Gasteiger partial charge in [-0.15, -0.1) is 0 Å². The van der Waals surface area contributed by atoms with Gasteiger partial charge in [-0.3, -0.25) is 0 Å². The van der Waals surface area contributed by atoms with E-state index in [1.54, 1.807) is 11.7 Å². The summed E-state index contributed by atoms with van der Waals surface area (Å²) >= 11 is 3.51. The van der Waals surface area contributed by atoms with Gasteiger partial charge in [-0.2, -0.15) is 0 Å². The molecule has 1 aromatic carbocycles. The highest BCUT2D eigenvalue weighted by Gasteiger charge is 2.17. The van der Waals surface area contributed by atoms with E-state index in [0.29, 0.717) is 11.9 Å². The largest absolute Gasteiger partial charge is 0.496 e. The molecule has 4 nitrogen and oxygen atoms in total. The van der Waals surface area contributed by atoms with Gasteiger partial charge in [0.05, 0.1) is 7.11 Å². The minimum Gasteiger partial charge on any atom is -0.496 e. The van der Waals surface area contributed by atoms with Crippen LogP contribution < -0.4 is 10.5 Å². The third-order valence-electron chi connectivity index (χ3n) is 3.21. The van der Waals surface area contributed by atoms with Crippen molar-refractivity contribution in [3.8, 4) is 17.0 Å². The lowest BCUT2D eigenvalue weighted by Gasteiger charge is -2.11. The molecule has 5 heteroatoms. The maximum Gasteiger partial charge on any atom is 0.201 e. The summed E-state index contributed by atoms with van der Waals surface area (Å²) in [4.78, 5) is 4.38. The van der Waals surface area contributed by atoms with Gasteiger partial charge in [0, 0.05) is 12.6 Å². The van der Waals surface area contributed by atoms with Crippen molar-refractivity contribution in [3.63, 3.8) is 0 Å². The van der Waals surface area contributed by atoms with Crippen LogP contribution in [0.1, 0.15) is 25.3 Å². The van der Waals surface area contributed by atoms with Crippen molar-refractivity contribution >= 4 is 21.9 Å². The molecular formula is C14H18BrN3O. The fraction of sp³-hybridized carbons (Fsp3) is 0.357. The fourth-order valence-corrected chi connectivity index (χ4v) is 2.41. The van der Waals surface area contributed by atoms with Gasteiger partial charge in [-0.1, -0.05) is 19.9 Å². The SMILES string of the molecule is COc1cc(C(C)C)ccc1-c1nc(N)n(C)c1Br. The smallest absolute Gasteiger partial charge is 0.201 e. The Bertz CT molecular complexity index is 605. The quantitative estimate of drug-likeness (QED) is 0.939. The zero-order valence-electron chi connectivity index (χ0n) is 11.6. The molecule has 0 aliphatic rings. The van der Waals surface area contributed by atoms with Gasteiger partial charge in [0.1, 0.15) is 16.0 Å². The molecule has 0 amide bonds. The molecule has 2 N–H and O–H groups in total. The molecule has 0 saturated heterocycles. The van der Waals surface area contributed by atoms with Crippen LogP contribution in [-0.2, 0) is 7.05 Å². The van der Waals surface area contributed by atoms with Gasteiger partial charge in [-0.25, -0.2) is 4.98 Å². The Labute approximate surface area is 121 Å². The minimum absolute atomic E-state index is 0.459. The van der Waals surface area contributed by atoms with Crippen molar-refractivity contribution < 1.29 is 4.74 Å². The molecule has 102 valence electrons. The second-order valence-electron chi connectivity index (χ2n) is 4.78. The Morgan fingerprint density at radius 3 is 2.53 bits per heavy atom. The van der Waals surface area contributed by atoms with E-state index >= 15 is 0 Å². The summed E-state index contributed by atoms with van der Waals surface area (Å²) in [5, 5.41) is 0. The fourth-order valence-electron chi connectivity index (χ4n) is 1.93. The summed E-state index contributed by atoms with van der Waals surface area (Å²) < 4.78 is 8.13. The predicted octanol–water partition coefficient (Wildman–Crippen LogP) is 3.56. The Balaban J connectivity index is 2.58. The summed E-state index contributed by atoms with van der Waals surface area (Å²) in [6.45, 7) is 4.31. The number of hydrogen-bond acceptors (Lipinski definition) is 3. The van der Waals surface area contributed by atoms with E-state index in [2.05, 4.69) is 46.9 Å². The Morgan fingerprint density at radius 1 is 1.37 bits per heavy atom. The number of nitrogen functional groups attached to an aromatic ring is 1. The van der Waals surface area contributed by atoms with Crippen LogP contribution in [0, 0.1) is 0 Å². The lowest BCUT2D eigenvalue weighted by atomic mass is 10.00. The average molecular weight is 324 g/mol. The number of ether oxygens (including phenoxy) is 1. The summed E-state index contributed by atoms with van der Waals surface area (Å²) in [5.41, 5.74) is 8.80. The molecule has 0 aliphatic carbocycles. The van der Waals surface area contributed by atoms with E-state index in [4.69, 9.17) is 10.5 Å². The van der Waals surface area contributed by atoms with E-state index in [9.17, 15) is 0 Å². The van der Waals surface area contributed by atoms with Crippen LogP contribution in [0.2, 0.25) is 0 Å². The number of halogens is 1. The van der Waals surface area contributed by atoms with Crippen LogP contribution >= 0.6 is 15.9 Å². The van der Waals surface area contributed by atoms with Crippen molar-refractivity contribution in [2.45, 2.75) is 19.8 Å².